The number of benzene rings is 1. The van der Waals surface area contributed by atoms with Crippen molar-refractivity contribution in [2.75, 3.05) is 39.7 Å². The molecular formula is C16H18N2O6S2. The SMILES string of the molecule is COc1cc(OC)cc(C(=O)OCC(=O)NCCN2C(=O)CSC2=S)c1. The van der Waals surface area contributed by atoms with Gasteiger partial charge in [0.25, 0.3) is 5.91 Å². The summed E-state index contributed by atoms with van der Waals surface area (Å²) in [7, 11) is 2.93. The fourth-order valence-electron chi connectivity index (χ4n) is 2.09. The number of carbonyl (C=O) groups is 3. The van der Waals surface area contributed by atoms with E-state index in [4.69, 9.17) is 26.4 Å². The second kappa shape index (κ2) is 9.39. The molecule has 0 spiro atoms. The number of ether oxygens (including phenoxy) is 3. The summed E-state index contributed by atoms with van der Waals surface area (Å²) < 4.78 is 15.6. The lowest BCUT2D eigenvalue weighted by molar-refractivity contribution is -0.126. The van der Waals surface area contributed by atoms with E-state index in [2.05, 4.69) is 5.32 Å². The van der Waals surface area contributed by atoms with E-state index in [1.165, 1.54) is 43.0 Å². The van der Waals surface area contributed by atoms with E-state index < -0.39 is 18.5 Å². The Morgan fingerprint density at radius 2 is 1.88 bits per heavy atom. The molecule has 1 fully saturated rings. The van der Waals surface area contributed by atoms with Crippen LogP contribution in [0.4, 0.5) is 0 Å². The monoisotopic (exact) mass is 398 g/mol. The van der Waals surface area contributed by atoms with Gasteiger partial charge in [-0.05, 0) is 12.1 Å². The van der Waals surface area contributed by atoms with Crippen LogP contribution in [0.3, 0.4) is 0 Å². The molecule has 1 aliphatic rings. The topological polar surface area (TPSA) is 94.2 Å². The van der Waals surface area contributed by atoms with E-state index >= 15 is 0 Å². The number of esters is 1. The third-order valence-corrected chi connectivity index (χ3v) is 4.85. The minimum atomic E-state index is -0.676. The van der Waals surface area contributed by atoms with Crippen molar-refractivity contribution in [1.29, 1.82) is 0 Å². The van der Waals surface area contributed by atoms with Crippen LogP contribution in [0.5, 0.6) is 11.5 Å². The summed E-state index contributed by atoms with van der Waals surface area (Å²) in [5.41, 5.74) is 0.207. The van der Waals surface area contributed by atoms with Crippen molar-refractivity contribution in [2.24, 2.45) is 0 Å². The molecule has 0 unspecified atom stereocenters. The molecule has 1 aliphatic heterocycles. The van der Waals surface area contributed by atoms with Crippen LogP contribution in [-0.2, 0) is 14.3 Å². The second-order valence-electron chi connectivity index (χ2n) is 5.13. The third kappa shape index (κ3) is 5.33. The Labute approximate surface area is 160 Å². The van der Waals surface area contributed by atoms with Crippen LogP contribution >= 0.6 is 24.0 Å². The molecule has 1 saturated heterocycles. The molecule has 1 N–H and O–H groups in total. The van der Waals surface area contributed by atoms with Gasteiger partial charge in [-0.15, -0.1) is 0 Å². The molecule has 1 aromatic rings. The number of nitrogens with zero attached hydrogens (tertiary/aromatic N) is 1. The summed E-state index contributed by atoms with van der Waals surface area (Å²) in [6, 6.07) is 4.59. The van der Waals surface area contributed by atoms with Gasteiger partial charge in [0.15, 0.2) is 6.61 Å². The first-order valence-corrected chi connectivity index (χ1v) is 8.98. The summed E-state index contributed by atoms with van der Waals surface area (Å²) in [5.74, 6) is -0.0283. The van der Waals surface area contributed by atoms with Gasteiger partial charge in [-0.1, -0.05) is 24.0 Å². The summed E-state index contributed by atoms with van der Waals surface area (Å²) in [6.07, 6.45) is 0. The molecule has 0 bridgehead atoms. The van der Waals surface area contributed by atoms with Gasteiger partial charge in [-0.3, -0.25) is 14.5 Å². The quantitative estimate of drug-likeness (QED) is 0.509. The van der Waals surface area contributed by atoms with Crippen LogP contribution in [0.25, 0.3) is 0 Å². The number of nitrogens with one attached hydrogen (secondary N) is 1. The van der Waals surface area contributed by atoms with Crippen molar-refractivity contribution in [2.45, 2.75) is 0 Å². The third-order valence-electron chi connectivity index (χ3n) is 3.42. The maximum absolute atomic E-state index is 12.1. The standard InChI is InChI=1S/C16H18N2O6S2/c1-22-11-5-10(6-12(7-11)23-2)15(21)24-8-13(19)17-3-4-18-14(20)9-26-16(18)25/h5-7H,3-4,8-9H2,1-2H3,(H,17,19). The summed E-state index contributed by atoms with van der Waals surface area (Å²) in [6.45, 7) is 0.0682. The van der Waals surface area contributed by atoms with Crippen molar-refractivity contribution in [3.05, 3.63) is 23.8 Å². The summed E-state index contributed by atoms with van der Waals surface area (Å²) in [4.78, 5) is 36.8. The molecule has 0 radical (unpaired) electrons. The highest BCUT2D eigenvalue weighted by atomic mass is 32.2. The van der Waals surface area contributed by atoms with Crippen molar-refractivity contribution in [3.8, 4) is 11.5 Å². The Kier molecular flexibility index (Phi) is 7.22. The average Bonchev–Trinajstić information content (AvgIpc) is 2.97. The summed E-state index contributed by atoms with van der Waals surface area (Å²) >= 11 is 6.34. The van der Waals surface area contributed by atoms with E-state index in [1.807, 2.05) is 0 Å². The van der Waals surface area contributed by atoms with E-state index in [1.54, 1.807) is 6.07 Å². The Balaban J connectivity index is 1.79. The van der Waals surface area contributed by atoms with Crippen LogP contribution in [-0.4, -0.2) is 66.7 Å². The lowest BCUT2D eigenvalue weighted by atomic mass is 10.2. The van der Waals surface area contributed by atoms with Gasteiger partial charge < -0.3 is 19.5 Å². The van der Waals surface area contributed by atoms with Crippen molar-refractivity contribution in [3.63, 3.8) is 0 Å². The van der Waals surface area contributed by atoms with Crippen LogP contribution < -0.4 is 14.8 Å². The molecule has 1 heterocycles. The first-order chi connectivity index (χ1) is 12.4. The molecule has 26 heavy (non-hydrogen) atoms. The van der Waals surface area contributed by atoms with Gasteiger partial charge >= 0.3 is 5.97 Å². The number of methoxy groups -OCH3 is 2. The van der Waals surface area contributed by atoms with Crippen LogP contribution in [0.1, 0.15) is 10.4 Å². The molecule has 0 atom stereocenters. The number of hydrogen-bond donors (Lipinski definition) is 1. The van der Waals surface area contributed by atoms with E-state index in [9.17, 15) is 14.4 Å². The van der Waals surface area contributed by atoms with Crippen molar-refractivity contribution < 1.29 is 28.6 Å². The fraction of sp³-hybridized carbons (Fsp3) is 0.375. The molecule has 1 aromatic carbocycles. The highest BCUT2D eigenvalue weighted by Crippen LogP contribution is 2.23. The van der Waals surface area contributed by atoms with Gasteiger partial charge in [-0.2, -0.15) is 0 Å². The molecule has 8 nitrogen and oxygen atoms in total. The normalized spacial score (nSPS) is 13.5. The molecule has 2 rings (SSSR count). The zero-order chi connectivity index (χ0) is 19.1. The van der Waals surface area contributed by atoms with Crippen LogP contribution in [0, 0.1) is 0 Å². The smallest absolute Gasteiger partial charge is 0.338 e. The Morgan fingerprint density at radius 3 is 2.42 bits per heavy atom. The largest absolute Gasteiger partial charge is 0.497 e. The van der Waals surface area contributed by atoms with Gasteiger partial charge in [0, 0.05) is 19.2 Å². The molecule has 0 saturated carbocycles. The van der Waals surface area contributed by atoms with Crippen LogP contribution in [0.2, 0.25) is 0 Å². The number of amides is 2. The van der Waals surface area contributed by atoms with Gasteiger partial charge in [0.05, 0.1) is 25.5 Å². The number of thioether (sulfide) groups is 1. The predicted molar refractivity (Wildman–Crippen MR) is 99.6 cm³/mol. The minimum absolute atomic E-state index is 0.0763. The van der Waals surface area contributed by atoms with Gasteiger partial charge in [0.2, 0.25) is 5.91 Å². The number of carbonyl (C=O) groups excluding carboxylic acids is 3. The maximum Gasteiger partial charge on any atom is 0.338 e. The lowest BCUT2D eigenvalue weighted by Gasteiger charge is -2.15. The average molecular weight is 398 g/mol. The maximum atomic E-state index is 12.1. The van der Waals surface area contributed by atoms with Crippen LogP contribution in [0.15, 0.2) is 18.2 Å². The Morgan fingerprint density at radius 1 is 1.23 bits per heavy atom. The summed E-state index contributed by atoms with van der Waals surface area (Å²) in [5, 5.41) is 2.57. The van der Waals surface area contributed by atoms with E-state index in [0.717, 1.165) is 0 Å². The molecule has 0 aromatic heterocycles. The van der Waals surface area contributed by atoms with Gasteiger partial charge in [-0.25, -0.2) is 4.79 Å². The Hall–Kier alpha value is -2.33. The number of rotatable bonds is 8. The first kappa shape index (κ1) is 20.0. The van der Waals surface area contributed by atoms with Gasteiger partial charge in [0.1, 0.15) is 15.8 Å². The zero-order valence-electron chi connectivity index (χ0n) is 14.3. The fourth-order valence-corrected chi connectivity index (χ4v) is 3.22. The first-order valence-electron chi connectivity index (χ1n) is 7.58. The van der Waals surface area contributed by atoms with E-state index in [-0.39, 0.29) is 24.6 Å². The second-order valence-corrected chi connectivity index (χ2v) is 6.74. The lowest BCUT2D eigenvalue weighted by Crippen LogP contribution is -2.38. The predicted octanol–water partition coefficient (Wildman–Crippen LogP) is 0.837. The van der Waals surface area contributed by atoms with E-state index in [0.29, 0.717) is 21.6 Å². The zero-order valence-corrected chi connectivity index (χ0v) is 15.9. The molecular weight excluding hydrogens is 380 g/mol. The van der Waals surface area contributed by atoms with Crippen molar-refractivity contribution in [1.82, 2.24) is 10.2 Å². The minimum Gasteiger partial charge on any atom is -0.497 e. The Bertz CT molecular complexity index is 686. The molecule has 140 valence electrons. The number of thiocarbonyl (C=S) groups is 1. The van der Waals surface area contributed by atoms with Crippen molar-refractivity contribution >= 4 is 46.1 Å². The molecule has 10 heteroatoms. The number of hydrogen-bond acceptors (Lipinski definition) is 8. The highest BCUT2D eigenvalue weighted by Gasteiger charge is 2.26. The molecule has 2 amide bonds. The highest BCUT2D eigenvalue weighted by molar-refractivity contribution is 8.23. The molecule has 0 aliphatic carbocycles.